The Bertz CT molecular complexity index is 1980. The predicted octanol–water partition coefficient (Wildman–Crippen LogP) is 3.71. The molecule has 4 aromatic rings. The second-order valence-electron chi connectivity index (χ2n) is 10.5. The fourth-order valence-electron chi connectivity index (χ4n) is 5.39. The van der Waals surface area contributed by atoms with Gasteiger partial charge in [0.25, 0.3) is 0 Å². The molecule has 0 bridgehead atoms. The van der Waals surface area contributed by atoms with E-state index >= 15 is 4.39 Å². The maximum atomic E-state index is 15.8. The van der Waals surface area contributed by atoms with E-state index in [-0.39, 0.29) is 47.1 Å². The number of hydrogen-bond donors (Lipinski definition) is 1. The zero-order valence-corrected chi connectivity index (χ0v) is 24.8. The Balaban J connectivity index is 1.80. The number of carbonyl (C=O) groups excluding carboxylic acids is 1. The number of sulfone groups is 1. The number of para-hydroxylation sites is 1. The van der Waals surface area contributed by atoms with E-state index in [1.165, 1.54) is 23.1 Å². The number of hydrogen-bond acceptors (Lipinski definition) is 8. The fraction of sp³-hybridized carbons (Fsp3) is 0.267. The third kappa shape index (κ3) is 5.52. The number of alkyl halides is 1. The molecule has 0 aliphatic carbocycles. The highest BCUT2D eigenvalue weighted by molar-refractivity contribution is 7.90. The van der Waals surface area contributed by atoms with Crippen molar-refractivity contribution in [2.75, 3.05) is 37.5 Å². The quantitative estimate of drug-likeness (QED) is 0.321. The zero-order valence-electron chi connectivity index (χ0n) is 24.0. The van der Waals surface area contributed by atoms with Crippen molar-refractivity contribution in [3.63, 3.8) is 0 Å². The van der Waals surface area contributed by atoms with Gasteiger partial charge >= 0.3 is 5.69 Å². The Morgan fingerprint density at radius 2 is 1.84 bits per heavy atom. The average Bonchev–Trinajstić information content (AvgIpc) is 2.96. The van der Waals surface area contributed by atoms with Gasteiger partial charge in [-0.3, -0.25) is 4.79 Å². The molecular formula is C30H28F3N5O5S. The molecule has 1 N–H and O–H groups in total. The molecule has 0 radical (unpaired) electrons. The van der Waals surface area contributed by atoms with E-state index < -0.39 is 62.8 Å². The van der Waals surface area contributed by atoms with Crippen LogP contribution >= 0.6 is 0 Å². The zero-order chi connectivity index (χ0) is 31.9. The van der Waals surface area contributed by atoms with Crippen molar-refractivity contribution in [3.05, 3.63) is 82.3 Å². The van der Waals surface area contributed by atoms with Gasteiger partial charge < -0.3 is 14.9 Å². The van der Waals surface area contributed by atoms with Crippen LogP contribution in [0.2, 0.25) is 0 Å². The van der Waals surface area contributed by atoms with Crippen molar-refractivity contribution in [2.24, 2.45) is 0 Å². The molecular weight excluding hydrogens is 599 g/mol. The molecule has 1 amide bonds. The highest BCUT2D eigenvalue weighted by Crippen LogP contribution is 2.36. The lowest BCUT2D eigenvalue weighted by Gasteiger charge is -2.40. The molecule has 44 heavy (non-hydrogen) atoms. The molecule has 1 aliphatic heterocycles. The smallest absolute Gasteiger partial charge is 0.355 e. The van der Waals surface area contributed by atoms with Crippen LogP contribution in [0.5, 0.6) is 5.75 Å². The maximum absolute atomic E-state index is 15.8. The molecule has 230 valence electrons. The summed E-state index contributed by atoms with van der Waals surface area (Å²) in [6.45, 7) is 3.07. The highest BCUT2D eigenvalue weighted by Gasteiger charge is 2.31. The highest BCUT2D eigenvalue weighted by atomic mass is 32.2. The summed E-state index contributed by atoms with van der Waals surface area (Å²) in [5, 5.41) is 10.4. The Morgan fingerprint density at radius 1 is 1.11 bits per heavy atom. The third-order valence-electron chi connectivity index (χ3n) is 7.41. The fourth-order valence-corrected chi connectivity index (χ4v) is 6.32. The van der Waals surface area contributed by atoms with Crippen LogP contribution < -0.4 is 10.6 Å². The van der Waals surface area contributed by atoms with E-state index in [0.717, 1.165) is 41.2 Å². The van der Waals surface area contributed by atoms with E-state index in [2.05, 4.69) is 9.97 Å². The number of pyridine rings is 1. The van der Waals surface area contributed by atoms with Gasteiger partial charge in [0, 0.05) is 38.0 Å². The molecule has 1 fully saturated rings. The molecule has 0 saturated carbocycles. The molecule has 1 atom stereocenters. The van der Waals surface area contributed by atoms with Gasteiger partial charge in [-0.25, -0.2) is 35.9 Å². The minimum atomic E-state index is -3.90. The molecule has 5 rings (SSSR count). The minimum absolute atomic E-state index is 0.00772. The number of phenols is 1. The van der Waals surface area contributed by atoms with Gasteiger partial charge in [0.05, 0.1) is 21.5 Å². The molecule has 2 aromatic carbocycles. The third-order valence-corrected chi connectivity index (χ3v) is 8.54. The number of fused-ring (bicyclic) bond motifs is 1. The van der Waals surface area contributed by atoms with Gasteiger partial charge in [-0.1, -0.05) is 18.2 Å². The molecule has 2 aromatic heterocycles. The van der Waals surface area contributed by atoms with E-state index in [4.69, 9.17) is 0 Å². The topological polar surface area (TPSA) is 126 Å². The van der Waals surface area contributed by atoms with Gasteiger partial charge in [-0.2, -0.15) is 4.98 Å². The number of benzene rings is 2. The Kier molecular flexibility index (Phi) is 8.21. The van der Waals surface area contributed by atoms with Crippen LogP contribution in [0, 0.1) is 18.6 Å². The summed E-state index contributed by atoms with van der Waals surface area (Å²) in [4.78, 5) is 37.9. The summed E-state index contributed by atoms with van der Waals surface area (Å²) in [5.74, 6) is -2.97. The first kappa shape index (κ1) is 30.7. The molecule has 1 saturated heterocycles. The van der Waals surface area contributed by atoms with Gasteiger partial charge in [0.15, 0.2) is 21.3 Å². The summed E-state index contributed by atoms with van der Waals surface area (Å²) in [6.07, 6.45) is 3.21. The van der Waals surface area contributed by atoms with Crippen LogP contribution in [0.4, 0.5) is 19.0 Å². The first-order chi connectivity index (χ1) is 20.8. The van der Waals surface area contributed by atoms with E-state index in [9.17, 15) is 31.9 Å². The van der Waals surface area contributed by atoms with Gasteiger partial charge in [-0.05, 0) is 49.8 Å². The van der Waals surface area contributed by atoms with Crippen molar-refractivity contribution in [1.29, 1.82) is 0 Å². The van der Waals surface area contributed by atoms with E-state index in [1.807, 2.05) is 0 Å². The second kappa shape index (κ2) is 11.8. The summed E-state index contributed by atoms with van der Waals surface area (Å²) in [6, 6.07) is 8.37. The number of halogens is 3. The normalized spacial score (nSPS) is 15.8. The number of aromatic nitrogens is 3. The molecule has 14 heteroatoms. The summed E-state index contributed by atoms with van der Waals surface area (Å²) in [5.41, 5.74) is -2.00. The largest absolute Gasteiger partial charge is 0.507 e. The number of rotatable bonds is 6. The summed E-state index contributed by atoms with van der Waals surface area (Å²) in [7, 11) is -3.90. The molecule has 10 nitrogen and oxygen atoms in total. The molecule has 1 aliphatic rings. The van der Waals surface area contributed by atoms with Gasteiger partial charge in [-0.15, -0.1) is 0 Å². The number of carbonyl (C=O) groups is 1. The molecule has 3 heterocycles. The standard InChI is InChI=1S/C30H28F3N5O5S/c1-17-7-4-10-23(44(3,42)43)27(17)38-29-19(15-21(33)26(34-29)25-20(32)8-5-9-22(25)39)28(35-30(38)41)37-14-13-36(16-18(37)2)24(40)11-6-12-31/h4-11,15,18,39H,12-14,16H2,1-3H3/b11-6+/t18-/m0/s1. The SMILES string of the molecule is Cc1cccc(S(C)(=O)=O)c1-n1c(=O)nc(N2CCN(C(=O)/C=C/CF)C[C@@H]2C)c2cc(F)c(-c3c(O)cccc3F)nc21. The Hall–Kier alpha value is -4.72. The van der Waals surface area contributed by atoms with Crippen LogP contribution in [0.25, 0.3) is 28.0 Å². The van der Waals surface area contributed by atoms with Crippen LogP contribution in [0.3, 0.4) is 0 Å². The van der Waals surface area contributed by atoms with Gasteiger partial charge in [0.1, 0.15) is 29.8 Å². The van der Waals surface area contributed by atoms with Crippen LogP contribution in [0.1, 0.15) is 12.5 Å². The lowest BCUT2D eigenvalue weighted by atomic mass is 10.1. The van der Waals surface area contributed by atoms with Gasteiger partial charge in [0.2, 0.25) is 5.91 Å². The van der Waals surface area contributed by atoms with Crippen LogP contribution in [0.15, 0.2) is 64.3 Å². The second-order valence-corrected chi connectivity index (χ2v) is 12.4. The number of aromatic hydroxyl groups is 1. The first-order valence-electron chi connectivity index (χ1n) is 13.5. The average molecular weight is 628 g/mol. The number of amides is 1. The van der Waals surface area contributed by atoms with Crippen molar-refractivity contribution < 1.29 is 31.5 Å². The van der Waals surface area contributed by atoms with Crippen LogP contribution in [-0.4, -0.2) is 77.5 Å². The number of anilines is 1. The lowest BCUT2D eigenvalue weighted by molar-refractivity contribution is -0.126. The number of allylic oxidation sites excluding steroid dienone is 1. The van der Waals surface area contributed by atoms with Crippen LogP contribution in [-0.2, 0) is 14.6 Å². The van der Waals surface area contributed by atoms with Crippen molar-refractivity contribution in [1.82, 2.24) is 19.4 Å². The maximum Gasteiger partial charge on any atom is 0.355 e. The molecule has 0 spiro atoms. The first-order valence-corrected chi connectivity index (χ1v) is 15.4. The number of phenolic OH excluding ortho intramolecular Hbond substituents is 1. The number of aryl methyl sites for hydroxylation is 1. The van der Waals surface area contributed by atoms with Crippen molar-refractivity contribution in [3.8, 4) is 22.7 Å². The minimum Gasteiger partial charge on any atom is -0.507 e. The Morgan fingerprint density at radius 3 is 2.50 bits per heavy atom. The Labute approximate surface area is 250 Å². The lowest BCUT2D eigenvalue weighted by Crippen LogP contribution is -2.54. The number of piperazine rings is 1. The predicted molar refractivity (Wildman–Crippen MR) is 159 cm³/mol. The van der Waals surface area contributed by atoms with Crippen molar-refractivity contribution in [2.45, 2.75) is 24.8 Å². The monoisotopic (exact) mass is 627 g/mol. The van der Waals surface area contributed by atoms with E-state index in [0.29, 0.717) is 5.56 Å². The summed E-state index contributed by atoms with van der Waals surface area (Å²) < 4.78 is 69.8. The van der Waals surface area contributed by atoms with E-state index in [1.54, 1.807) is 24.8 Å². The summed E-state index contributed by atoms with van der Waals surface area (Å²) >= 11 is 0. The van der Waals surface area contributed by atoms with Crippen molar-refractivity contribution >= 4 is 32.6 Å². The number of nitrogens with zero attached hydrogens (tertiary/aromatic N) is 5. The molecule has 0 unspecified atom stereocenters.